The van der Waals surface area contributed by atoms with Crippen LogP contribution in [0.1, 0.15) is 36.7 Å². The number of nitrogens with one attached hydrogen (secondary N) is 2. The number of hydrogen-bond donors (Lipinski definition) is 2. The van der Waals surface area contributed by atoms with E-state index in [4.69, 9.17) is 0 Å². The topological polar surface area (TPSA) is 62.0 Å². The Morgan fingerprint density at radius 1 is 1.50 bits per heavy atom. The summed E-state index contributed by atoms with van der Waals surface area (Å²) in [7, 11) is 0. The average molecular weight is 220 g/mol. The third-order valence-electron chi connectivity index (χ3n) is 3.25. The van der Waals surface area contributed by atoms with Crippen LogP contribution >= 0.6 is 0 Å². The second-order valence-corrected chi connectivity index (χ2v) is 4.78. The minimum atomic E-state index is -0.248. The van der Waals surface area contributed by atoms with Gasteiger partial charge in [-0.25, -0.2) is 0 Å². The van der Waals surface area contributed by atoms with E-state index in [1.807, 2.05) is 0 Å². The SMILES string of the molecule is CC1(CNC(=O)c2cccc(=O)[nH]2)CCC1. The summed E-state index contributed by atoms with van der Waals surface area (Å²) in [6.45, 7) is 2.85. The van der Waals surface area contributed by atoms with Gasteiger partial charge in [-0.15, -0.1) is 0 Å². The summed E-state index contributed by atoms with van der Waals surface area (Å²) >= 11 is 0. The molecule has 4 heteroatoms. The molecule has 1 fully saturated rings. The van der Waals surface area contributed by atoms with Crippen molar-refractivity contribution < 1.29 is 4.79 Å². The maximum Gasteiger partial charge on any atom is 0.267 e. The van der Waals surface area contributed by atoms with Crippen LogP contribution in [0.2, 0.25) is 0 Å². The van der Waals surface area contributed by atoms with Crippen molar-refractivity contribution in [3.8, 4) is 0 Å². The molecule has 0 atom stereocenters. The van der Waals surface area contributed by atoms with E-state index in [-0.39, 0.29) is 16.9 Å². The summed E-state index contributed by atoms with van der Waals surface area (Å²) in [5.74, 6) is -0.203. The van der Waals surface area contributed by atoms with E-state index in [0.717, 1.165) is 0 Å². The number of hydrogen-bond acceptors (Lipinski definition) is 2. The molecule has 0 bridgehead atoms. The van der Waals surface area contributed by atoms with Crippen molar-refractivity contribution in [3.05, 3.63) is 34.2 Å². The third-order valence-corrected chi connectivity index (χ3v) is 3.25. The lowest BCUT2D eigenvalue weighted by Crippen LogP contribution is -2.40. The Hall–Kier alpha value is -1.58. The second-order valence-electron chi connectivity index (χ2n) is 4.78. The maximum absolute atomic E-state index is 11.7. The monoisotopic (exact) mass is 220 g/mol. The lowest BCUT2D eigenvalue weighted by molar-refractivity contribution is 0.0885. The van der Waals surface area contributed by atoms with Gasteiger partial charge >= 0.3 is 0 Å². The number of aromatic amines is 1. The largest absolute Gasteiger partial charge is 0.350 e. The molecule has 2 rings (SSSR count). The van der Waals surface area contributed by atoms with Crippen LogP contribution in [0.25, 0.3) is 0 Å². The highest BCUT2D eigenvalue weighted by Crippen LogP contribution is 2.39. The third kappa shape index (κ3) is 2.32. The van der Waals surface area contributed by atoms with Gasteiger partial charge in [0.15, 0.2) is 0 Å². The van der Waals surface area contributed by atoms with Crippen molar-refractivity contribution in [2.45, 2.75) is 26.2 Å². The zero-order valence-corrected chi connectivity index (χ0v) is 9.38. The molecule has 1 aromatic rings. The Bertz CT molecular complexity index is 446. The van der Waals surface area contributed by atoms with Crippen LogP contribution in [0.4, 0.5) is 0 Å². The fraction of sp³-hybridized carbons (Fsp3) is 0.500. The summed E-state index contributed by atoms with van der Waals surface area (Å²) in [4.78, 5) is 25.2. The van der Waals surface area contributed by atoms with E-state index in [1.54, 1.807) is 12.1 Å². The normalized spacial score (nSPS) is 17.6. The zero-order chi connectivity index (χ0) is 11.6. The summed E-state index contributed by atoms with van der Waals surface area (Å²) < 4.78 is 0. The van der Waals surface area contributed by atoms with Gasteiger partial charge in [-0.05, 0) is 24.3 Å². The van der Waals surface area contributed by atoms with Crippen LogP contribution in [0.15, 0.2) is 23.0 Å². The Balaban J connectivity index is 1.95. The smallest absolute Gasteiger partial charge is 0.267 e. The van der Waals surface area contributed by atoms with Crippen molar-refractivity contribution in [1.29, 1.82) is 0 Å². The van der Waals surface area contributed by atoms with E-state index in [2.05, 4.69) is 17.2 Å². The first-order valence-corrected chi connectivity index (χ1v) is 5.57. The number of carbonyl (C=O) groups is 1. The van der Waals surface area contributed by atoms with Crippen LogP contribution < -0.4 is 10.9 Å². The molecule has 0 radical (unpaired) electrons. The molecule has 4 nitrogen and oxygen atoms in total. The lowest BCUT2D eigenvalue weighted by atomic mass is 9.70. The maximum atomic E-state index is 11.7. The molecule has 0 aromatic carbocycles. The lowest BCUT2D eigenvalue weighted by Gasteiger charge is -2.38. The van der Waals surface area contributed by atoms with Crippen molar-refractivity contribution in [3.63, 3.8) is 0 Å². The Labute approximate surface area is 94.1 Å². The van der Waals surface area contributed by atoms with Gasteiger partial charge in [0.25, 0.3) is 5.91 Å². The van der Waals surface area contributed by atoms with Gasteiger partial charge in [0, 0.05) is 12.6 Å². The van der Waals surface area contributed by atoms with Gasteiger partial charge in [-0.1, -0.05) is 19.4 Å². The van der Waals surface area contributed by atoms with E-state index in [1.165, 1.54) is 25.3 Å². The van der Waals surface area contributed by atoms with Crippen molar-refractivity contribution in [1.82, 2.24) is 10.3 Å². The number of amides is 1. The zero-order valence-electron chi connectivity index (χ0n) is 9.38. The molecule has 0 saturated heterocycles. The first-order valence-electron chi connectivity index (χ1n) is 5.57. The van der Waals surface area contributed by atoms with Gasteiger partial charge in [0.2, 0.25) is 5.56 Å². The fourth-order valence-corrected chi connectivity index (χ4v) is 1.93. The molecule has 1 aliphatic carbocycles. The highest BCUT2D eigenvalue weighted by molar-refractivity contribution is 5.92. The minimum absolute atomic E-state index is 0.203. The highest BCUT2D eigenvalue weighted by Gasteiger charge is 2.31. The molecule has 1 aliphatic rings. The van der Waals surface area contributed by atoms with E-state index in [0.29, 0.717) is 12.2 Å². The molecule has 16 heavy (non-hydrogen) atoms. The van der Waals surface area contributed by atoms with E-state index in [9.17, 15) is 9.59 Å². The number of H-pyrrole nitrogens is 1. The Morgan fingerprint density at radius 3 is 2.81 bits per heavy atom. The van der Waals surface area contributed by atoms with E-state index >= 15 is 0 Å². The summed E-state index contributed by atoms with van der Waals surface area (Å²) in [5, 5.41) is 2.86. The predicted molar refractivity (Wildman–Crippen MR) is 61.4 cm³/mol. The molecular weight excluding hydrogens is 204 g/mol. The number of aromatic nitrogens is 1. The average Bonchev–Trinajstić information content (AvgIpc) is 2.23. The van der Waals surface area contributed by atoms with Crippen LogP contribution in [-0.2, 0) is 0 Å². The van der Waals surface area contributed by atoms with Gasteiger partial charge < -0.3 is 10.3 Å². The number of pyridine rings is 1. The molecule has 86 valence electrons. The Kier molecular flexibility index (Phi) is 2.81. The second kappa shape index (κ2) is 4.12. The molecule has 0 spiro atoms. The summed E-state index contributed by atoms with van der Waals surface area (Å²) in [5.41, 5.74) is 0.336. The van der Waals surface area contributed by atoms with Crippen LogP contribution in [0.3, 0.4) is 0 Å². The molecule has 2 N–H and O–H groups in total. The molecule has 1 amide bonds. The first kappa shape index (κ1) is 10.9. The summed E-state index contributed by atoms with van der Waals surface area (Å²) in [6.07, 6.45) is 3.58. The molecule has 1 heterocycles. The van der Waals surface area contributed by atoms with Gasteiger partial charge in [0.1, 0.15) is 5.69 Å². The van der Waals surface area contributed by atoms with Crippen molar-refractivity contribution in [2.24, 2.45) is 5.41 Å². The molecule has 0 aliphatic heterocycles. The van der Waals surface area contributed by atoms with Gasteiger partial charge in [0.05, 0.1) is 0 Å². The number of rotatable bonds is 3. The quantitative estimate of drug-likeness (QED) is 0.806. The standard InChI is InChI=1S/C12H16N2O2/c1-12(6-3-7-12)8-13-11(16)9-4-2-5-10(15)14-9/h2,4-5H,3,6-8H2,1H3,(H,13,16)(H,14,15). The van der Waals surface area contributed by atoms with Crippen LogP contribution in [0.5, 0.6) is 0 Å². The van der Waals surface area contributed by atoms with Crippen molar-refractivity contribution in [2.75, 3.05) is 6.54 Å². The van der Waals surface area contributed by atoms with Gasteiger partial charge in [-0.3, -0.25) is 9.59 Å². The summed E-state index contributed by atoms with van der Waals surface area (Å²) in [6, 6.07) is 4.59. The van der Waals surface area contributed by atoms with Crippen LogP contribution in [-0.4, -0.2) is 17.4 Å². The van der Waals surface area contributed by atoms with Crippen molar-refractivity contribution >= 4 is 5.91 Å². The highest BCUT2D eigenvalue weighted by atomic mass is 16.2. The Morgan fingerprint density at radius 2 is 2.25 bits per heavy atom. The molecule has 1 saturated carbocycles. The predicted octanol–water partition coefficient (Wildman–Crippen LogP) is 1.29. The molecule has 1 aromatic heterocycles. The fourth-order valence-electron chi connectivity index (χ4n) is 1.93. The van der Waals surface area contributed by atoms with E-state index < -0.39 is 0 Å². The van der Waals surface area contributed by atoms with Crippen LogP contribution in [0, 0.1) is 5.41 Å². The first-order chi connectivity index (χ1) is 7.59. The molecule has 0 unspecified atom stereocenters. The number of carbonyl (C=O) groups excluding carboxylic acids is 1. The molecular formula is C12H16N2O2. The minimum Gasteiger partial charge on any atom is -0.350 e. The van der Waals surface area contributed by atoms with Gasteiger partial charge in [-0.2, -0.15) is 0 Å².